The van der Waals surface area contributed by atoms with Gasteiger partial charge in [-0.2, -0.15) is 0 Å². The van der Waals surface area contributed by atoms with E-state index in [0.29, 0.717) is 6.04 Å². The average Bonchev–Trinajstić information content (AvgIpc) is 3.14. The number of hydrogen-bond acceptors (Lipinski definition) is 5. The van der Waals surface area contributed by atoms with Crippen LogP contribution in [0.1, 0.15) is 42.4 Å². The topological polar surface area (TPSA) is 52.0 Å². The summed E-state index contributed by atoms with van der Waals surface area (Å²) in [5.41, 5.74) is 1.09. The van der Waals surface area contributed by atoms with Crippen LogP contribution in [0.3, 0.4) is 0 Å². The lowest BCUT2D eigenvalue weighted by Crippen LogP contribution is -2.40. The molecule has 3 rings (SSSR count). The van der Waals surface area contributed by atoms with E-state index >= 15 is 0 Å². The lowest BCUT2D eigenvalue weighted by Gasteiger charge is -2.32. The maximum atomic E-state index is 6.01. The van der Waals surface area contributed by atoms with E-state index in [0.717, 1.165) is 49.1 Å². The fourth-order valence-electron chi connectivity index (χ4n) is 2.79. The van der Waals surface area contributed by atoms with Gasteiger partial charge in [-0.15, -0.1) is 11.3 Å². The van der Waals surface area contributed by atoms with Crippen molar-refractivity contribution >= 4 is 11.3 Å². The fraction of sp³-hybridized carbons (Fsp3) is 0.600. The summed E-state index contributed by atoms with van der Waals surface area (Å²) in [4.78, 5) is 9.02. The van der Waals surface area contributed by atoms with E-state index in [1.165, 1.54) is 0 Å². The summed E-state index contributed by atoms with van der Waals surface area (Å²) in [7, 11) is 0. The van der Waals surface area contributed by atoms with Gasteiger partial charge in [0.1, 0.15) is 16.9 Å². The van der Waals surface area contributed by atoms with Gasteiger partial charge >= 0.3 is 0 Å². The molecule has 114 valence electrons. The van der Waals surface area contributed by atoms with E-state index in [4.69, 9.17) is 4.74 Å². The van der Waals surface area contributed by atoms with Gasteiger partial charge in [0.15, 0.2) is 0 Å². The molecule has 1 N–H and O–H groups in total. The Labute approximate surface area is 129 Å². The van der Waals surface area contributed by atoms with Crippen LogP contribution in [0, 0.1) is 6.92 Å². The van der Waals surface area contributed by atoms with Crippen LogP contribution in [0.5, 0.6) is 0 Å². The van der Waals surface area contributed by atoms with Crippen molar-refractivity contribution in [3.63, 3.8) is 0 Å². The highest BCUT2D eigenvalue weighted by Gasteiger charge is 2.30. The molecule has 1 aliphatic heterocycles. The fourth-order valence-corrected chi connectivity index (χ4v) is 3.51. The second kappa shape index (κ2) is 6.68. The molecular weight excluding hydrogens is 284 g/mol. The van der Waals surface area contributed by atoms with Crippen LogP contribution < -0.4 is 5.32 Å². The van der Waals surface area contributed by atoms with Gasteiger partial charge in [-0.05, 0) is 26.7 Å². The van der Waals surface area contributed by atoms with E-state index in [1.807, 2.05) is 19.3 Å². The molecule has 2 aromatic heterocycles. The summed E-state index contributed by atoms with van der Waals surface area (Å²) in [6.07, 6.45) is 6.13. The summed E-state index contributed by atoms with van der Waals surface area (Å²) in [6.45, 7) is 6.71. The zero-order valence-electron chi connectivity index (χ0n) is 12.6. The molecule has 0 unspecified atom stereocenters. The number of ether oxygens (including phenoxy) is 1. The number of nitrogens with one attached hydrogen (secondary N) is 1. The van der Waals surface area contributed by atoms with E-state index in [1.54, 1.807) is 11.3 Å². The molecule has 0 spiro atoms. The molecule has 0 radical (unpaired) electrons. The Morgan fingerprint density at radius 3 is 3.19 bits per heavy atom. The Morgan fingerprint density at radius 2 is 2.43 bits per heavy atom. The predicted molar refractivity (Wildman–Crippen MR) is 83.3 cm³/mol. The van der Waals surface area contributed by atoms with Crippen LogP contribution in [0.25, 0.3) is 0 Å². The van der Waals surface area contributed by atoms with Gasteiger partial charge in [-0.3, -0.25) is 0 Å². The minimum Gasteiger partial charge on any atom is -0.369 e. The highest BCUT2D eigenvalue weighted by Crippen LogP contribution is 2.28. The summed E-state index contributed by atoms with van der Waals surface area (Å²) in [6, 6.07) is 0.302. The highest BCUT2D eigenvalue weighted by molar-refractivity contribution is 7.09. The van der Waals surface area contributed by atoms with E-state index < -0.39 is 0 Å². The van der Waals surface area contributed by atoms with Crippen LogP contribution in [-0.4, -0.2) is 27.2 Å². The Kier molecular flexibility index (Phi) is 4.67. The second-order valence-corrected chi connectivity index (χ2v) is 6.32. The van der Waals surface area contributed by atoms with Gasteiger partial charge in [0.25, 0.3) is 0 Å². The molecule has 2 aromatic rings. The molecule has 0 aliphatic carbocycles. The Hall–Kier alpha value is -1.24. The second-order valence-electron chi connectivity index (χ2n) is 5.38. The first kappa shape index (κ1) is 14.7. The first-order valence-corrected chi connectivity index (χ1v) is 8.43. The standard InChI is InChI=1S/C15H22N4OS/c1-3-19-7-6-16-15(19)14-12(5-4-8-20-14)17-9-13-18-11(2)10-21-13/h6-7,10,12,14,17H,3-5,8-9H2,1-2H3/t12-,14-/m0/s1. The third-order valence-electron chi connectivity index (χ3n) is 3.85. The van der Waals surface area contributed by atoms with Crippen LogP contribution in [0.4, 0.5) is 0 Å². The Morgan fingerprint density at radius 1 is 1.52 bits per heavy atom. The molecule has 0 aromatic carbocycles. The number of rotatable bonds is 5. The number of nitrogens with zero attached hydrogens (tertiary/aromatic N) is 3. The summed E-state index contributed by atoms with van der Waals surface area (Å²) in [5, 5.41) is 6.84. The van der Waals surface area contributed by atoms with Crippen molar-refractivity contribution in [1.82, 2.24) is 19.9 Å². The van der Waals surface area contributed by atoms with Crippen molar-refractivity contribution in [2.75, 3.05) is 6.61 Å². The van der Waals surface area contributed by atoms with Crippen LogP contribution in [0.15, 0.2) is 17.8 Å². The van der Waals surface area contributed by atoms with E-state index in [2.05, 4.69) is 32.2 Å². The van der Waals surface area contributed by atoms with Gasteiger partial charge in [-0.1, -0.05) is 0 Å². The zero-order chi connectivity index (χ0) is 14.7. The van der Waals surface area contributed by atoms with Crippen molar-refractivity contribution in [3.8, 4) is 0 Å². The van der Waals surface area contributed by atoms with Crippen molar-refractivity contribution in [2.45, 2.75) is 51.9 Å². The van der Waals surface area contributed by atoms with Gasteiger partial charge < -0.3 is 14.6 Å². The first-order chi connectivity index (χ1) is 10.3. The molecule has 2 atom stereocenters. The first-order valence-electron chi connectivity index (χ1n) is 7.55. The van der Waals surface area contributed by atoms with Gasteiger partial charge in [-0.25, -0.2) is 9.97 Å². The van der Waals surface area contributed by atoms with E-state index in [9.17, 15) is 0 Å². The SMILES string of the molecule is CCn1ccnc1[C@H]1OCCC[C@@H]1NCc1nc(C)cs1. The smallest absolute Gasteiger partial charge is 0.139 e. The van der Waals surface area contributed by atoms with Crippen LogP contribution >= 0.6 is 11.3 Å². The third-order valence-corrected chi connectivity index (χ3v) is 4.81. The third kappa shape index (κ3) is 3.33. The minimum atomic E-state index is 0.0368. The Bertz CT molecular complexity index is 580. The zero-order valence-corrected chi connectivity index (χ0v) is 13.4. The van der Waals surface area contributed by atoms with Crippen molar-refractivity contribution < 1.29 is 4.74 Å². The quantitative estimate of drug-likeness (QED) is 0.923. The number of aromatic nitrogens is 3. The lowest BCUT2D eigenvalue weighted by atomic mass is 10.0. The van der Waals surface area contributed by atoms with Gasteiger partial charge in [0, 0.05) is 49.2 Å². The molecule has 0 amide bonds. The van der Waals surface area contributed by atoms with Crippen molar-refractivity contribution in [2.24, 2.45) is 0 Å². The molecule has 1 saturated heterocycles. The summed E-state index contributed by atoms with van der Waals surface area (Å²) < 4.78 is 8.17. The van der Waals surface area contributed by atoms with Crippen LogP contribution in [0.2, 0.25) is 0 Å². The monoisotopic (exact) mass is 306 g/mol. The minimum absolute atomic E-state index is 0.0368. The van der Waals surface area contributed by atoms with Crippen molar-refractivity contribution in [1.29, 1.82) is 0 Å². The number of aryl methyl sites for hydroxylation is 2. The lowest BCUT2D eigenvalue weighted by molar-refractivity contribution is -0.0182. The largest absolute Gasteiger partial charge is 0.369 e. The maximum absolute atomic E-state index is 6.01. The molecule has 1 fully saturated rings. The number of imidazole rings is 1. The van der Waals surface area contributed by atoms with Crippen molar-refractivity contribution in [3.05, 3.63) is 34.3 Å². The molecule has 0 bridgehead atoms. The maximum Gasteiger partial charge on any atom is 0.139 e. The Balaban J connectivity index is 1.69. The predicted octanol–water partition coefficient (Wildman–Crippen LogP) is 2.68. The molecular formula is C15H22N4OS. The molecule has 5 nitrogen and oxygen atoms in total. The molecule has 3 heterocycles. The van der Waals surface area contributed by atoms with Gasteiger partial charge in [0.2, 0.25) is 0 Å². The normalized spacial score (nSPS) is 22.6. The molecule has 6 heteroatoms. The summed E-state index contributed by atoms with van der Waals surface area (Å²) in [5.74, 6) is 1.03. The molecule has 1 aliphatic rings. The number of hydrogen-bond donors (Lipinski definition) is 1. The van der Waals surface area contributed by atoms with Gasteiger partial charge in [0.05, 0.1) is 0 Å². The molecule has 0 saturated carbocycles. The van der Waals surface area contributed by atoms with E-state index in [-0.39, 0.29) is 6.10 Å². The van der Waals surface area contributed by atoms with Crippen LogP contribution in [-0.2, 0) is 17.8 Å². The molecule has 21 heavy (non-hydrogen) atoms. The number of thiazole rings is 1. The highest BCUT2D eigenvalue weighted by atomic mass is 32.1. The average molecular weight is 306 g/mol. The summed E-state index contributed by atoms with van der Waals surface area (Å²) >= 11 is 1.71.